The summed E-state index contributed by atoms with van der Waals surface area (Å²) in [5.41, 5.74) is -2.17. The van der Waals surface area contributed by atoms with Crippen molar-refractivity contribution >= 4 is 17.1 Å². The first kappa shape index (κ1) is 16.5. The molecular formula is C8H8N6O8. The van der Waals surface area contributed by atoms with Gasteiger partial charge in [0.05, 0.1) is 23.0 Å². The van der Waals surface area contributed by atoms with Gasteiger partial charge in [-0.1, -0.05) is 5.01 Å². The maximum Gasteiger partial charge on any atom is 0.305 e. The van der Waals surface area contributed by atoms with E-state index in [0.29, 0.717) is 11.1 Å². The lowest BCUT2D eigenvalue weighted by atomic mass is 10.2. The molecule has 0 saturated heterocycles. The molecule has 0 heterocycles. The standard InChI is InChI=1S/C8H8N6O8/c1-9(13(19)20)5-10(14(21)22)7-3-2-6(11(15)16)4-8(7)12(17)18/h2-4H,5H2,1H3. The molecule has 14 nitrogen and oxygen atoms in total. The van der Waals surface area contributed by atoms with Gasteiger partial charge < -0.3 is 0 Å². The number of hydrogen-bond donors (Lipinski definition) is 0. The van der Waals surface area contributed by atoms with Crippen LogP contribution in [0.5, 0.6) is 0 Å². The van der Waals surface area contributed by atoms with Crippen molar-refractivity contribution in [2.75, 3.05) is 18.7 Å². The van der Waals surface area contributed by atoms with Crippen LogP contribution >= 0.6 is 0 Å². The predicted octanol–water partition coefficient (Wildman–Crippen LogP) is 0.582. The first-order chi connectivity index (χ1) is 10.1. The molecule has 14 heteroatoms. The number of nitro groups is 4. The van der Waals surface area contributed by atoms with E-state index in [0.717, 1.165) is 19.2 Å². The SMILES string of the molecule is CN(CN(c1ccc([N+](=O)[O-])cc1[N+](=O)[O-])[N+](=O)[O-])[N+](=O)[O-]. The second kappa shape index (κ2) is 6.25. The maximum atomic E-state index is 11.0. The van der Waals surface area contributed by atoms with Crippen LogP contribution in [0.4, 0.5) is 17.1 Å². The van der Waals surface area contributed by atoms with Crippen LogP contribution < -0.4 is 5.01 Å². The minimum absolute atomic E-state index is 0.144. The summed E-state index contributed by atoms with van der Waals surface area (Å²) in [6, 6.07) is 2.15. The zero-order chi connectivity index (χ0) is 17.0. The molecule has 0 aromatic heterocycles. The first-order valence-electron chi connectivity index (χ1n) is 5.35. The topological polar surface area (TPSA) is 179 Å². The van der Waals surface area contributed by atoms with Gasteiger partial charge in [-0.25, -0.2) is 20.2 Å². The second-order valence-electron chi connectivity index (χ2n) is 3.86. The Morgan fingerprint density at radius 1 is 0.955 bits per heavy atom. The molecule has 1 rings (SSSR count). The number of benzene rings is 1. The van der Waals surface area contributed by atoms with Crippen molar-refractivity contribution in [2.24, 2.45) is 0 Å². The Morgan fingerprint density at radius 2 is 1.55 bits per heavy atom. The monoisotopic (exact) mass is 316 g/mol. The van der Waals surface area contributed by atoms with E-state index in [9.17, 15) is 40.5 Å². The van der Waals surface area contributed by atoms with Gasteiger partial charge in [0, 0.05) is 6.07 Å². The summed E-state index contributed by atoms with van der Waals surface area (Å²) >= 11 is 0. The summed E-state index contributed by atoms with van der Waals surface area (Å²) in [5.74, 6) is 0. The van der Waals surface area contributed by atoms with Crippen molar-refractivity contribution in [2.45, 2.75) is 0 Å². The van der Waals surface area contributed by atoms with Crippen molar-refractivity contribution < 1.29 is 19.9 Å². The molecule has 1 aromatic carbocycles. The molecule has 0 aliphatic carbocycles. The third kappa shape index (κ3) is 3.50. The largest absolute Gasteiger partial charge is 0.305 e. The van der Waals surface area contributed by atoms with E-state index in [1.54, 1.807) is 0 Å². The molecule has 0 radical (unpaired) electrons. The van der Waals surface area contributed by atoms with Crippen LogP contribution in [0.3, 0.4) is 0 Å². The Kier molecular flexibility index (Phi) is 4.68. The fourth-order valence-corrected chi connectivity index (χ4v) is 1.45. The van der Waals surface area contributed by atoms with Crippen LogP contribution in [0.15, 0.2) is 18.2 Å². The summed E-state index contributed by atoms with van der Waals surface area (Å²) < 4.78 is 0. The van der Waals surface area contributed by atoms with Gasteiger partial charge in [-0.05, 0) is 6.07 Å². The number of hydrogen-bond acceptors (Lipinski definition) is 8. The van der Waals surface area contributed by atoms with Crippen LogP contribution in [0.25, 0.3) is 0 Å². The van der Waals surface area contributed by atoms with Crippen molar-refractivity contribution in [3.05, 3.63) is 58.7 Å². The second-order valence-corrected chi connectivity index (χ2v) is 3.86. The van der Waals surface area contributed by atoms with Gasteiger partial charge in [-0.2, -0.15) is 0 Å². The molecule has 0 N–H and O–H groups in total. The number of non-ortho nitro benzene ring substituents is 1. The van der Waals surface area contributed by atoms with E-state index >= 15 is 0 Å². The fourth-order valence-electron chi connectivity index (χ4n) is 1.45. The summed E-state index contributed by atoms with van der Waals surface area (Å²) in [6.07, 6.45) is 0. The smallest absolute Gasteiger partial charge is 0.258 e. The van der Waals surface area contributed by atoms with Crippen LogP contribution in [-0.2, 0) is 0 Å². The summed E-state index contributed by atoms with van der Waals surface area (Å²) in [4.78, 5) is 41.1. The minimum Gasteiger partial charge on any atom is -0.258 e. The van der Waals surface area contributed by atoms with Crippen LogP contribution in [0.2, 0.25) is 0 Å². The molecule has 0 bridgehead atoms. The normalized spacial score (nSPS) is 9.86. The van der Waals surface area contributed by atoms with Crippen LogP contribution in [0.1, 0.15) is 0 Å². The average molecular weight is 316 g/mol. The Morgan fingerprint density at radius 3 is 1.95 bits per heavy atom. The lowest BCUT2D eigenvalue weighted by Gasteiger charge is -2.16. The van der Waals surface area contributed by atoms with E-state index in [4.69, 9.17) is 0 Å². The zero-order valence-corrected chi connectivity index (χ0v) is 10.9. The van der Waals surface area contributed by atoms with E-state index in [2.05, 4.69) is 0 Å². The van der Waals surface area contributed by atoms with E-state index in [1.165, 1.54) is 0 Å². The van der Waals surface area contributed by atoms with Crippen molar-refractivity contribution in [1.82, 2.24) is 5.01 Å². The van der Waals surface area contributed by atoms with Crippen LogP contribution in [-0.4, -0.2) is 38.6 Å². The third-order valence-corrected chi connectivity index (χ3v) is 2.46. The van der Waals surface area contributed by atoms with Gasteiger partial charge in [0.1, 0.15) is 0 Å². The van der Waals surface area contributed by atoms with E-state index < -0.39 is 43.6 Å². The van der Waals surface area contributed by atoms with E-state index in [-0.39, 0.29) is 5.01 Å². The molecule has 1 aromatic rings. The van der Waals surface area contributed by atoms with Crippen molar-refractivity contribution in [1.29, 1.82) is 0 Å². The number of rotatable bonds is 7. The Hall–Kier alpha value is -3.58. The van der Waals surface area contributed by atoms with Crippen molar-refractivity contribution in [3.8, 4) is 0 Å². The van der Waals surface area contributed by atoms with Gasteiger partial charge in [-0.3, -0.25) is 20.2 Å². The van der Waals surface area contributed by atoms with Gasteiger partial charge >= 0.3 is 5.69 Å². The van der Waals surface area contributed by atoms with Gasteiger partial charge in [-0.15, -0.1) is 5.01 Å². The summed E-state index contributed by atoms with van der Waals surface area (Å²) in [6.45, 7) is -0.904. The number of nitro benzene ring substituents is 2. The molecule has 0 saturated carbocycles. The number of nitrogens with zero attached hydrogens (tertiary/aromatic N) is 6. The zero-order valence-electron chi connectivity index (χ0n) is 10.9. The third-order valence-electron chi connectivity index (χ3n) is 2.46. The minimum atomic E-state index is -1.09. The lowest BCUT2D eigenvalue weighted by Crippen LogP contribution is -2.42. The molecule has 22 heavy (non-hydrogen) atoms. The Bertz CT molecular complexity index is 648. The first-order valence-corrected chi connectivity index (χ1v) is 5.35. The molecular weight excluding hydrogens is 308 g/mol. The maximum absolute atomic E-state index is 11.0. The van der Waals surface area contributed by atoms with Gasteiger partial charge in [0.25, 0.3) is 5.69 Å². The quantitative estimate of drug-likeness (QED) is 0.392. The highest BCUT2D eigenvalue weighted by molar-refractivity contribution is 5.65. The Balaban J connectivity index is 3.36. The molecule has 0 amide bonds. The number of hydrazine groups is 2. The Labute approximate surface area is 120 Å². The molecule has 0 fully saturated rings. The highest BCUT2D eigenvalue weighted by Gasteiger charge is 2.32. The highest BCUT2D eigenvalue weighted by Crippen LogP contribution is 2.32. The highest BCUT2D eigenvalue weighted by atomic mass is 16.7. The van der Waals surface area contributed by atoms with Gasteiger partial charge in [0.15, 0.2) is 15.8 Å². The average Bonchev–Trinajstić information content (AvgIpc) is 2.43. The summed E-state index contributed by atoms with van der Waals surface area (Å²) in [7, 11) is 0.924. The van der Waals surface area contributed by atoms with E-state index in [1.807, 2.05) is 0 Å². The lowest BCUT2D eigenvalue weighted by molar-refractivity contribution is -0.657. The molecule has 118 valence electrons. The fraction of sp³-hybridized carbons (Fsp3) is 0.250. The molecule has 0 aliphatic heterocycles. The predicted molar refractivity (Wildman–Crippen MR) is 68.8 cm³/mol. The van der Waals surface area contributed by atoms with Crippen LogP contribution in [0, 0.1) is 40.5 Å². The molecule has 0 spiro atoms. The molecule has 0 aliphatic rings. The van der Waals surface area contributed by atoms with Crippen molar-refractivity contribution in [3.63, 3.8) is 0 Å². The number of anilines is 1. The molecule has 0 unspecified atom stereocenters. The molecule has 0 atom stereocenters. The van der Waals surface area contributed by atoms with Gasteiger partial charge in [0.2, 0.25) is 6.67 Å². The summed E-state index contributed by atoms with van der Waals surface area (Å²) in [5, 5.41) is 41.4.